The third-order valence-corrected chi connectivity index (χ3v) is 3.28. The first-order valence-corrected chi connectivity index (χ1v) is 6.92. The Morgan fingerprint density at radius 1 is 1.20 bits per heavy atom. The summed E-state index contributed by atoms with van der Waals surface area (Å²) in [5.74, 6) is 0.331. The van der Waals surface area contributed by atoms with Crippen LogP contribution in [0, 0.1) is 12.7 Å². The van der Waals surface area contributed by atoms with Crippen LogP contribution in [-0.4, -0.2) is 6.54 Å². The molecule has 2 nitrogen and oxygen atoms in total. The van der Waals surface area contributed by atoms with Gasteiger partial charge in [0.05, 0.1) is 5.02 Å². The van der Waals surface area contributed by atoms with E-state index in [1.54, 1.807) is 31.2 Å². The SMILES string of the molecule is CCNCc1cccc(Cl)c1Oc1cccc(C)c1F. The van der Waals surface area contributed by atoms with Gasteiger partial charge >= 0.3 is 0 Å². The zero-order valence-electron chi connectivity index (χ0n) is 11.5. The first-order valence-electron chi connectivity index (χ1n) is 6.54. The summed E-state index contributed by atoms with van der Waals surface area (Å²) in [6.45, 7) is 5.18. The number of para-hydroxylation sites is 1. The van der Waals surface area contributed by atoms with Crippen molar-refractivity contribution in [2.24, 2.45) is 0 Å². The minimum atomic E-state index is -0.359. The molecule has 2 rings (SSSR count). The highest BCUT2D eigenvalue weighted by Crippen LogP contribution is 2.34. The summed E-state index contributed by atoms with van der Waals surface area (Å²) in [4.78, 5) is 0. The molecule has 0 aliphatic rings. The number of halogens is 2. The van der Waals surface area contributed by atoms with Crippen molar-refractivity contribution in [3.8, 4) is 11.5 Å². The van der Waals surface area contributed by atoms with Crippen LogP contribution in [0.5, 0.6) is 11.5 Å². The van der Waals surface area contributed by atoms with Crippen molar-refractivity contribution in [1.82, 2.24) is 5.32 Å². The van der Waals surface area contributed by atoms with E-state index in [-0.39, 0.29) is 11.6 Å². The van der Waals surface area contributed by atoms with Crippen LogP contribution >= 0.6 is 11.6 Å². The highest BCUT2D eigenvalue weighted by atomic mass is 35.5. The first-order chi connectivity index (χ1) is 9.63. The van der Waals surface area contributed by atoms with E-state index in [1.807, 2.05) is 19.1 Å². The van der Waals surface area contributed by atoms with E-state index in [9.17, 15) is 4.39 Å². The van der Waals surface area contributed by atoms with Gasteiger partial charge in [0.15, 0.2) is 17.3 Å². The van der Waals surface area contributed by atoms with Gasteiger partial charge in [0, 0.05) is 12.1 Å². The Morgan fingerprint density at radius 3 is 2.70 bits per heavy atom. The third kappa shape index (κ3) is 3.30. The molecule has 4 heteroatoms. The Balaban J connectivity index is 2.34. The Labute approximate surface area is 123 Å². The summed E-state index contributed by atoms with van der Waals surface area (Å²) in [5.41, 5.74) is 1.45. The van der Waals surface area contributed by atoms with Crippen LogP contribution in [0.25, 0.3) is 0 Å². The first kappa shape index (κ1) is 14.8. The molecular formula is C16H17ClFNO. The standard InChI is InChI=1S/C16H17ClFNO/c1-3-19-10-12-7-5-8-13(17)16(12)20-14-9-4-6-11(2)15(14)18/h4-9,19H,3,10H2,1-2H3. The van der Waals surface area contributed by atoms with E-state index in [0.717, 1.165) is 12.1 Å². The van der Waals surface area contributed by atoms with Crippen LogP contribution in [-0.2, 0) is 6.54 Å². The average molecular weight is 294 g/mol. The molecule has 1 N–H and O–H groups in total. The van der Waals surface area contributed by atoms with Gasteiger partial charge in [-0.1, -0.05) is 42.8 Å². The van der Waals surface area contributed by atoms with Crippen molar-refractivity contribution in [2.75, 3.05) is 6.54 Å². The number of aryl methyl sites for hydroxylation is 1. The number of benzene rings is 2. The number of nitrogens with one attached hydrogen (secondary N) is 1. The predicted molar refractivity (Wildman–Crippen MR) is 80.0 cm³/mol. The van der Waals surface area contributed by atoms with Crippen LogP contribution in [0.3, 0.4) is 0 Å². The van der Waals surface area contributed by atoms with Crippen LogP contribution < -0.4 is 10.1 Å². The molecule has 0 radical (unpaired) electrons. The topological polar surface area (TPSA) is 21.3 Å². The smallest absolute Gasteiger partial charge is 0.168 e. The fourth-order valence-electron chi connectivity index (χ4n) is 1.88. The van der Waals surface area contributed by atoms with Crippen LogP contribution in [0.4, 0.5) is 4.39 Å². The van der Waals surface area contributed by atoms with E-state index >= 15 is 0 Å². The lowest BCUT2D eigenvalue weighted by molar-refractivity contribution is 0.434. The van der Waals surface area contributed by atoms with Crippen LogP contribution in [0.1, 0.15) is 18.1 Å². The second-order valence-electron chi connectivity index (χ2n) is 4.50. The van der Waals surface area contributed by atoms with E-state index < -0.39 is 0 Å². The monoisotopic (exact) mass is 293 g/mol. The normalized spacial score (nSPS) is 10.6. The second-order valence-corrected chi connectivity index (χ2v) is 4.90. The molecule has 0 heterocycles. The summed E-state index contributed by atoms with van der Waals surface area (Å²) in [6.07, 6.45) is 0. The van der Waals surface area contributed by atoms with E-state index in [0.29, 0.717) is 22.9 Å². The van der Waals surface area contributed by atoms with Crippen molar-refractivity contribution in [3.05, 3.63) is 58.4 Å². The summed E-state index contributed by atoms with van der Waals surface area (Å²) >= 11 is 6.18. The van der Waals surface area contributed by atoms with Gasteiger partial charge < -0.3 is 10.1 Å². The second kappa shape index (κ2) is 6.73. The number of hydrogen-bond donors (Lipinski definition) is 1. The maximum Gasteiger partial charge on any atom is 0.168 e. The molecule has 0 bridgehead atoms. The van der Waals surface area contributed by atoms with E-state index in [1.165, 1.54) is 0 Å². The fraction of sp³-hybridized carbons (Fsp3) is 0.250. The van der Waals surface area contributed by atoms with Crippen molar-refractivity contribution >= 4 is 11.6 Å². The van der Waals surface area contributed by atoms with Gasteiger partial charge in [-0.3, -0.25) is 0 Å². The molecule has 0 fully saturated rings. The quantitative estimate of drug-likeness (QED) is 0.863. The van der Waals surface area contributed by atoms with Gasteiger partial charge in [-0.05, 0) is 31.2 Å². The van der Waals surface area contributed by atoms with E-state index in [4.69, 9.17) is 16.3 Å². The lowest BCUT2D eigenvalue weighted by Gasteiger charge is -2.14. The minimum Gasteiger partial charge on any atom is -0.452 e. The lowest BCUT2D eigenvalue weighted by atomic mass is 10.2. The molecule has 20 heavy (non-hydrogen) atoms. The zero-order valence-corrected chi connectivity index (χ0v) is 12.3. The maximum absolute atomic E-state index is 14.0. The molecule has 0 spiro atoms. The van der Waals surface area contributed by atoms with Crippen molar-refractivity contribution in [1.29, 1.82) is 0 Å². The third-order valence-electron chi connectivity index (χ3n) is 2.98. The Hall–Kier alpha value is -1.58. The highest BCUT2D eigenvalue weighted by molar-refractivity contribution is 6.32. The fourth-order valence-corrected chi connectivity index (χ4v) is 2.11. The minimum absolute atomic E-state index is 0.191. The average Bonchev–Trinajstić information content (AvgIpc) is 2.44. The van der Waals surface area contributed by atoms with Gasteiger partial charge in [0.1, 0.15) is 0 Å². The summed E-state index contributed by atoms with van der Waals surface area (Å²) in [6, 6.07) is 10.6. The van der Waals surface area contributed by atoms with Gasteiger partial charge in [-0.25, -0.2) is 4.39 Å². The largest absolute Gasteiger partial charge is 0.452 e. The molecule has 106 valence electrons. The van der Waals surface area contributed by atoms with Crippen molar-refractivity contribution in [3.63, 3.8) is 0 Å². The molecule has 2 aromatic carbocycles. The summed E-state index contributed by atoms with van der Waals surface area (Å²) < 4.78 is 19.7. The summed E-state index contributed by atoms with van der Waals surface area (Å²) in [7, 11) is 0. The van der Waals surface area contributed by atoms with E-state index in [2.05, 4.69) is 5.32 Å². The lowest BCUT2D eigenvalue weighted by Crippen LogP contribution is -2.12. The van der Waals surface area contributed by atoms with Crippen LogP contribution in [0.2, 0.25) is 5.02 Å². The zero-order chi connectivity index (χ0) is 14.5. The van der Waals surface area contributed by atoms with Crippen molar-refractivity contribution < 1.29 is 9.13 Å². The van der Waals surface area contributed by atoms with Gasteiger partial charge in [-0.15, -0.1) is 0 Å². The molecule has 0 saturated heterocycles. The van der Waals surface area contributed by atoms with Gasteiger partial charge in [0.2, 0.25) is 0 Å². The number of rotatable bonds is 5. The highest BCUT2D eigenvalue weighted by Gasteiger charge is 2.13. The molecule has 0 atom stereocenters. The molecule has 0 aromatic heterocycles. The Morgan fingerprint density at radius 2 is 1.95 bits per heavy atom. The van der Waals surface area contributed by atoms with Gasteiger partial charge in [-0.2, -0.15) is 0 Å². The molecule has 0 unspecified atom stereocenters. The molecule has 0 amide bonds. The molecule has 0 aliphatic carbocycles. The van der Waals surface area contributed by atoms with Gasteiger partial charge in [0.25, 0.3) is 0 Å². The van der Waals surface area contributed by atoms with Crippen molar-refractivity contribution in [2.45, 2.75) is 20.4 Å². The Kier molecular flexibility index (Phi) is 4.99. The molecule has 0 saturated carbocycles. The molecule has 0 aliphatic heterocycles. The number of ether oxygens (including phenoxy) is 1. The predicted octanol–water partition coefficient (Wildman–Crippen LogP) is 4.69. The molecule has 2 aromatic rings. The van der Waals surface area contributed by atoms with Crippen LogP contribution in [0.15, 0.2) is 36.4 Å². The number of hydrogen-bond acceptors (Lipinski definition) is 2. The maximum atomic E-state index is 14.0. The molecular weight excluding hydrogens is 277 g/mol. The Bertz CT molecular complexity index is 601. The summed E-state index contributed by atoms with van der Waals surface area (Å²) in [5, 5.41) is 3.68.